The maximum Gasteiger partial charge on any atom is 0.332 e. The zero-order valence-corrected chi connectivity index (χ0v) is 23.6. The normalized spacial score (nSPS) is 16.4. The molecule has 40 heavy (non-hydrogen) atoms. The summed E-state index contributed by atoms with van der Waals surface area (Å²) in [6.45, 7) is 8.21. The molecular weight excluding hydrogens is 500 g/mol. The Hall–Kier alpha value is -4.45. The third-order valence-electron chi connectivity index (χ3n) is 7.46. The first-order valence-electron chi connectivity index (χ1n) is 13.4. The number of amides is 1. The molecule has 204 valence electrons. The van der Waals surface area contributed by atoms with Crippen LogP contribution in [-0.4, -0.2) is 29.5 Å². The molecule has 1 aromatic heterocycles. The monoisotopic (exact) mass is 534 g/mol. The lowest BCUT2D eigenvalue weighted by molar-refractivity contribution is -0.150. The van der Waals surface area contributed by atoms with Crippen LogP contribution in [0.3, 0.4) is 0 Å². The molecule has 4 aromatic rings. The van der Waals surface area contributed by atoms with Gasteiger partial charge in [0, 0.05) is 30.1 Å². The van der Waals surface area contributed by atoms with Gasteiger partial charge in [0.2, 0.25) is 0 Å². The van der Waals surface area contributed by atoms with E-state index in [2.05, 4.69) is 25.8 Å². The van der Waals surface area contributed by atoms with Gasteiger partial charge in [0.15, 0.2) is 0 Å². The lowest BCUT2D eigenvalue weighted by atomic mass is 9.85. The van der Waals surface area contributed by atoms with Crippen LogP contribution in [0.15, 0.2) is 91.3 Å². The van der Waals surface area contributed by atoms with Crippen molar-refractivity contribution in [3.63, 3.8) is 0 Å². The number of ether oxygens (including phenoxy) is 2. The van der Waals surface area contributed by atoms with Gasteiger partial charge >= 0.3 is 5.97 Å². The van der Waals surface area contributed by atoms with Gasteiger partial charge in [0.25, 0.3) is 5.91 Å². The summed E-state index contributed by atoms with van der Waals surface area (Å²) in [5, 5.41) is 0. The number of aromatic nitrogens is 1. The molecule has 2 heterocycles. The fraction of sp³-hybridized carbons (Fsp3) is 0.265. The number of nitrogens with zero attached hydrogens (tertiary/aromatic N) is 2. The number of methoxy groups -OCH3 is 1. The van der Waals surface area contributed by atoms with Gasteiger partial charge in [-0.05, 0) is 70.5 Å². The van der Waals surface area contributed by atoms with E-state index in [1.54, 1.807) is 37.4 Å². The highest BCUT2D eigenvalue weighted by atomic mass is 16.5. The summed E-state index contributed by atoms with van der Waals surface area (Å²) < 4.78 is 11.5. The lowest BCUT2D eigenvalue weighted by Crippen LogP contribution is -2.54. The number of hydrogen-bond donors (Lipinski definition) is 0. The number of hydrogen-bond acceptors (Lipinski definition) is 5. The van der Waals surface area contributed by atoms with Gasteiger partial charge in [0.1, 0.15) is 17.9 Å². The van der Waals surface area contributed by atoms with Crippen molar-refractivity contribution in [3.8, 4) is 16.9 Å². The molecule has 1 unspecified atom stereocenters. The Morgan fingerprint density at radius 3 is 2.40 bits per heavy atom. The average molecular weight is 535 g/mol. The third kappa shape index (κ3) is 5.09. The zero-order chi connectivity index (χ0) is 28.5. The van der Waals surface area contributed by atoms with Crippen LogP contribution in [0.1, 0.15) is 54.7 Å². The molecule has 0 spiro atoms. The van der Waals surface area contributed by atoms with Crippen molar-refractivity contribution in [1.82, 2.24) is 4.98 Å². The number of fused-ring (bicyclic) bond motifs is 1. The maximum atomic E-state index is 14.2. The molecule has 3 aromatic carbocycles. The molecule has 0 saturated carbocycles. The van der Waals surface area contributed by atoms with E-state index in [4.69, 9.17) is 9.47 Å². The Bertz CT molecular complexity index is 1540. The minimum Gasteiger partial charge on any atom is -0.496 e. The van der Waals surface area contributed by atoms with E-state index in [0.29, 0.717) is 23.4 Å². The molecule has 1 aliphatic heterocycles. The zero-order valence-electron chi connectivity index (χ0n) is 23.6. The van der Waals surface area contributed by atoms with Crippen LogP contribution in [0.2, 0.25) is 0 Å². The van der Waals surface area contributed by atoms with Crippen LogP contribution < -0.4 is 9.64 Å². The van der Waals surface area contributed by atoms with Gasteiger partial charge in [-0.2, -0.15) is 0 Å². The number of pyridine rings is 1. The topological polar surface area (TPSA) is 68.7 Å². The molecule has 0 saturated heterocycles. The summed E-state index contributed by atoms with van der Waals surface area (Å²) >= 11 is 0. The van der Waals surface area contributed by atoms with Crippen molar-refractivity contribution >= 4 is 17.6 Å². The third-order valence-corrected chi connectivity index (χ3v) is 7.46. The fourth-order valence-corrected chi connectivity index (χ4v) is 5.32. The van der Waals surface area contributed by atoms with Gasteiger partial charge in [-0.3, -0.25) is 14.7 Å². The molecule has 0 aliphatic carbocycles. The van der Waals surface area contributed by atoms with Crippen molar-refractivity contribution in [2.75, 3.05) is 12.0 Å². The first-order valence-corrected chi connectivity index (χ1v) is 13.4. The molecule has 6 heteroatoms. The van der Waals surface area contributed by atoms with Crippen LogP contribution >= 0.6 is 0 Å². The predicted octanol–water partition coefficient (Wildman–Crippen LogP) is 6.76. The Labute approximate surface area is 235 Å². The molecular formula is C34H34N2O4. The summed E-state index contributed by atoms with van der Waals surface area (Å²) in [5.41, 5.74) is 4.44. The first-order chi connectivity index (χ1) is 19.1. The second-order valence-electron chi connectivity index (χ2n) is 11.4. The fourth-order valence-electron chi connectivity index (χ4n) is 5.32. The van der Waals surface area contributed by atoms with Crippen molar-refractivity contribution in [2.24, 2.45) is 0 Å². The van der Waals surface area contributed by atoms with E-state index in [0.717, 1.165) is 27.8 Å². The summed E-state index contributed by atoms with van der Waals surface area (Å²) in [6.07, 6.45) is 3.86. The van der Waals surface area contributed by atoms with Crippen LogP contribution in [0.25, 0.3) is 11.1 Å². The van der Waals surface area contributed by atoms with Crippen LogP contribution in [0.4, 0.5) is 5.69 Å². The van der Waals surface area contributed by atoms with Gasteiger partial charge in [-0.25, -0.2) is 4.79 Å². The first kappa shape index (κ1) is 27.1. The SMILES string of the molecule is COc1cc(C(=O)N2c3ccc(-c4cccnc4)cc3CC2(C)C(=O)OCc2ccccc2)ccc1C(C)(C)C. The molecule has 1 amide bonds. The van der Waals surface area contributed by atoms with Gasteiger partial charge in [-0.15, -0.1) is 0 Å². The van der Waals surface area contributed by atoms with Crippen LogP contribution in [0, 0.1) is 0 Å². The lowest BCUT2D eigenvalue weighted by Gasteiger charge is -2.34. The molecule has 0 fully saturated rings. The molecule has 1 aliphatic rings. The number of carbonyl (C=O) groups excluding carboxylic acids is 2. The van der Waals surface area contributed by atoms with Gasteiger partial charge in [-0.1, -0.05) is 69.3 Å². The van der Waals surface area contributed by atoms with Crippen molar-refractivity contribution in [1.29, 1.82) is 0 Å². The standard InChI is InChI=1S/C34H34N2O4/c1-33(2,3)28-15-13-25(19-30(28)39-5)31(37)36-29-16-14-24(26-12-9-17-35-21-26)18-27(29)20-34(36,4)32(38)40-22-23-10-7-6-8-11-23/h6-19,21H,20,22H2,1-5H3. The highest BCUT2D eigenvalue weighted by Gasteiger charge is 2.50. The van der Waals surface area contributed by atoms with E-state index in [-0.39, 0.29) is 17.9 Å². The molecule has 0 radical (unpaired) electrons. The number of rotatable bonds is 6. The highest BCUT2D eigenvalue weighted by Crippen LogP contribution is 2.43. The largest absolute Gasteiger partial charge is 0.496 e. The maximum absolute atomic E-state index is 14.2. The van der Waals surface area contributed by atoms with E-state index >= 15 is 0 Å². The number of esters is 1. The van der Waals surface area contributed by atoms with E-state index in [9.17, 15) is 9.59 Å². The van der Waals surface area contributed by atoms with Crippen molar-refractivity contribution in [3.05, 3.63) is 114 Å². The molecule has 0 N–H and O–H groups in total. The quantitative estimate of drug-likeness (QED) is 0.256. The Morgan fingerprint density at radius 2 is 1.73 bits per heavy atom. The Balaban J connectivity index is 1.55. The van der Waals surface area contributed by atoms with Gasteiger partial charge < -0.3 is 9.47 Å². The molecule has 1 atom stereocenters. The van der Waals surface area contributed by atoms with Crippen molar-refractivity contribution in [2.45, 2.75) is 51.7 Å². The number of anilines is 1. The molecule has 6 nitrogen and oxygen atoms in total. The van der Waals surface area contributed by atoms with E-state index in [1.807, 2.05) is 72.8 Å². The van der Waals surface area contributed by atoms with Crippen LogP contribution in [0.5, 0.6) is 5.75 Å². The van der Waals surface area contributed by atoms with Crippen LogP contribution in [-0.2, 0) is 28.0 Å². The number of carbonyl (C=O) groups is 2. The smallest absolute Gasteiger partial charge is 0.332 e. The van der Waals surface area contributed by atoms with Crippen molar-refractivity contribution < 1.29 is 19.1 Å². The number of benzene rings is 3. The summed E-state index contributed by atoms with van der Waals surface area (Å²) in [7, 11) is 1.61. The Kier molecular flexibility index (Phi) is 7.19. The summed E-state index contributed by atoms with van der Waals surface area (Å²) in [4.78, 5) is 33.8. The minimum atomic E-state index is -1.24. The predicted molar refractivity (Wildman–Crippen MR) is 157 cm³/mol. The van der Waals surface area contributed by atoms with E-state index < -0.39 is 11.5 Å². The highest BCUT2D eigenvalue weighted by molar-refractivity contribution is 6.13. The minimum absolute atomic E-state index is 0.128. The second-order valence-corrected chi connectivity index (χ2v) is 11.4. The summed E-state index contributed by atoms with van der Waals surface area (Å²) in [5.74, 6) is -0.106. The summed E-state index contributed by atoms with van der Waals surface area (Å²) in [6, 6.07) is 24.8. The molecule has 5 rings (SSSR count). The van der Waals surface area contributed by atoms with Gasteiger partial charge in [0.05, 0.1) is 7.11 Å². The average Bonchev–Trinajstić information content (AvgIpc) is 3.27. The molecule has 0 bridgehead atoms. The Morgan fingerprint density at radius 1 is 0.950 bits per heavy atom. The van der Waals surface area contributed by atoms with E-state index in [1.165, 1.54) is 0 Å². The second kappa shape index (κ2) is 10.6.